The van der Waals surface area contributed by atoms with Gasteiger partial charge in [-0.2, -0.15) is 0 Å². The van der Waals surface area contributed by atoms with Gasteiger partial charge in [-0.05, 0) is 5.41 Å². The Kier molecular flexibility index (Phi) is 2.92. The van der Waals surface area contributed by atoms with E-state index < -0.39 is 0 Å². The molecule has 0 aromatic rings. The minimum absolute atomic E-state index is 0.880. The number of hydrogen-bond donors (Lipinski definition) is 0. The van der Waals surface area contributed by atoms with Crippen LogP contribution in [0.25, 0.3) is 0 Å². The highest BCUT2D eigenvalue weighted by molar-refractivity contribution is 8.02. The number of ether oxygens (including phenoxy) is 1. The van der Waals surface area contributed by atoms with Crippen molar-refractivity contribution in [3.8, 4) is 0 Å². The predicted octanol–water partition coefficient (Wildman–Crippen LogP) is 0.557. The minimum atomic E-state index is 0.880. The van der Waals surface area contributed by atoms with Crippen LogP contribution in [0.5, 0.6) is 0 Å². The van der Waals surface area contributed by atoms with Gasteiger partial charge in [0.25, 0.3) is 0 Å². The Balaban J connectivity index is 1.73. The summed E-state index contributed by atoms with van der Waals surface area (Å²) >= 11 is 1.80. The van der Waals surface area contributed by atoms with Gasteiger partial charge in [0.15, 0.2) is 0 Å². The molecule has 2 aliphatic rings. The van der Waals surface area contributed by atoms with Crippen LogP contribution >= 0.6 is 11.8 Å². The quantitative estimate of drug-likeness (QED) is 0.624. The second-order valence-electron chi connectivity index (χ2n) is 2.95. The van der Waals surface area contributed by atoms with E-state index in [1.807, 2.05) is 5.41 Å². The molecule has 1 radical (unpaired) electrons. The smallest absolute Gasteiger partial charge is 0.0718 e. The molecule has 2 aliphatic heterocycles. The molecule has 0 amide bonds. The summed E-state index contributed by atoms with van der Waals surface area (Å²) in [6.45, 7) is 4.88. The molecule has 0 bridgehead atoms. The molecule has 1 saturated heterocycles. The fraction of sp³-hybridized carbons (Fsp3) is 0.750. The van der Waals surface area contributed by atoms with Crippen LogP contribution in [0.3, 0.4) is 0 Å². The van der Waals surface area contributed by atoms with Crippen LogP contribution in [-0.4, -0.2) is 48.6 Å². The molecule has 2 rings (SSSR count). The molecule has 0 atom stereocenters. The van der Waals surface area contributed by atoms with E-state index in [0.29, 0.717) is 0 Å². The number of rotatable bonds is 2. The first-order valence-corrected chi connectivity index (χ1v) is 5.24. The summed E-state index contributed by atoms with van der Waals surface area (Å²) in [5, 5.41) is 2.03. The van der Waals surface area contributed by atoms with Crippen LogP contribution in [0.4, 0.5) is 0 Å². The molecule has 12 heavy (non-hydrogen) atoms. The van der Waals surface area contributed by atoms with Gasteiger partial charge in [-0.3, -0.25) is 4.90 Å². The van der Waals surface area contributed by atoms with E-state index >= 15 is 0 Å². The van der Waals surface area contributed by atoms with Crippen LogP contribution in [0.2, 0.25) is 0 Å². The van der Waals surface area contributed by atoms with Gasteiger partial charge in [-0.15, -0.1) is 11.8 Å². The Morgan fingerprint density at radius 2 is 2.25 bits per heavy atom. The molecule has 0 aromatic heterocycles. The molecule has 3 nitrogen and oxygen atoms in total. The highest BCUT2D eigenvalue weighted by Gasteiger charge is 2.14. The second-order valence-corrected chi connectivity index (χ2v) is 3.78. The van der Waals surface area contributed by atoms with Gasteiger partial charge in [0.05, 0.1) is 32.0 Å². The Hall–Kier alpha value is -0.190. The zero-order valence-electron chi connectivity index (χ0n) is 7.03. The second kappa shape index (κ2) is 4.16. The van der Waals surface area contributed by atoms with E-state index in [0.717, 1.165) is 38.8 Å². The summed E-state index contributed by atoms with van der Waals surface area (Å²) in [6.07, 6.45) is 3.19. The Labute approximate surface area is 77.3 Å². The van der Waals surface area contributed by atoms with Gasteiger partial charge in [0.1, 0.15) is 0 Å². The molecule has 1 fully saturated rings. The average Bonchev–Trinajstić information content (AvgIpc) is 2.59. The van der Waals surface area contributed by atoms with Crippen LogP contribution in [0.15, 0.2) is 5.41 Å². The molecule has 0 aromatic carbocycles. The lowest BCUT2D eigenvalue weighted by Crippen LogP contribution is -2.41. The van der Waals surface area contributed by atoms with Crippen molar-refractivity contribution in [2.75, 3.05) is 38.8 Å². The van der Waals surface area contributed by atoms with E-state index in [-0.39, 0.29) is 0 Å². The van der Waals surface area contributed by atoms with Crippen molar-refractivity contribution in [2.45, 2.75) is 0 Å². The van der Waals surface area contributed by atoms with Crippen molar-refractivity contribution in [3.63, 3.8) is 0 Å². The molecule has 4 heteroatoms. The molecule has 0 aliphatic carbocycles. The molecule has 0 spiro atoms. The largest absolute Gasteiger partial charge is 0.379 e. The van der Waals surface area contributed by atoms with Crippen LogP contribution in [-0.2, 0) is 4.74 Å². The normalized spacial score (nSPS) is 25.2. The van der Waals surface area contributed by atoms with Crippen molar-refractivity contribution in [1.29, 1.82) is 0 Å². The number of hydrogen-bond acceptors (Lipinski definition) is 4. The lowest BCUT2D eigenvalue weighted by Gasteiger charge is -2.29. The topological polar surface area (TPSA) is 15.7 Å². The lowest BCUT2D eigenvalue weighted by atomic mass is 10.4. The Morgan fingerprint density at radius 3 is 2.92 bits per heavy atom. The first-order chi connectivity index (χ1) is 5.95. The standard InChI is InChI=1S/C8H13N2OS/c1-4-11-5-2-9(1)7-10-3-6-12-8-10/h6H,1-2,4-5,7-8H2. The highest BCUT2D eigenvalue weighted by Crippen LogP contribution is 2.14. The summed E-state index contributed by atoms with van der Waals surface area (Å²) in [4.78, 5) is 4.60. The third-order valence-corrected chi connectivity index (χ3v) is 2.76. The van der Waals surface area contributed by atoms with Crippen molar-refractivity contribution < 1.29 is 4.74 Å². The maximum Gasteiger partial charge on any atom is 0.0718 e. The van der Waals surface area contributed by atoms with Crippen LogP contribution in [0.1, 0.15) is 0 Å². The highest BCUT2D eigenvalue weighted by atomic mass is 32.2. The van der Waals surface area contributed by atoms with Gasteiger partial charge in [0.2, 0.25) is 0 Å². The zero-order valence-corrected chi connectivity index (χ0v) is 7.85. The van der Waals surface area contributed by atoms with Gasteiger partial charge >= 0.3 is 0 Å². The number of thioether (sulfide) groups is 1. The van der Waals surface area contributed by atoms with E-state index in [1.54, 1.807) is 11.8 Å². The fourth-order valence-electron chi connectivity index (χ4n) is 1.34. The molecule has 0 saturated carbocycles. The van der Waals surface area contributed by atoms with Crippen LogP contribution < -0.4 is 0 Å². The maximum absolute atomic E-state index is 5.27. The lowest BCUT2D eigenvalue weighted by molar-refractivity contribution is 0.0201. The zero-order chi connectivity index (χ0) is 8.23. The minimum Gasteiger partial charge on any atom is -0.379 e. The van der Waals surface area contributed by atoms with E-state index in [1.165, 1.54) is 0 Å². The first kappa shape index (κ1) is 8.41. The van der Waals surface area contributed by atoms with Crippen LogP contribution in [0, 0.1) is 6.20 Å². The van der Waals surface area contributed by atoms with E-state index in [2.05, 4.69) is 16.0 Å². The van der Waals surface area contributed by atoms with E-state index in [4.69, 9.17) is 4.74 Å². The van der Waals surface area contributed by atoms with Crippen molar-refractivity contribution >= 4 is 11.8 Å². The molecule has 67 valence electrons. The predicted molar refractivity (Wildman–Crippen MR) is 49.4 cm³/mol. The van der Waals surface area contributed by atoms with Gasteiger partial charge in [0, 0.05) is 13.1 Å². The maximum atomic E-state index is 5.27. The fourth-order valence-corrected chi connectivity index (χ4v) is 1.98. The monoisotopic (exact) mass is 185 g/mol. The van der Waals surface area contributed by atoms with Crippen molar-refractivity contribution in [3.05, 3.63) is 11.6 Å². The summed E-state index contributed by atoms with van der Waals surface area (Å²) in [6, 6.07) is 0. The van der Waals surface area contributed by atoms with Gasteiger partial charge in [-0.25, -0.2) is 0 Å². The molecule has 2 heterocycles. The average molecular weight is 185 g/mol. The third-order valence-electron chi connectivity index (χ3n) is 2.02. The third kappa shape index (κ3) is 2.15. The first-order valence-electron chi connectivity index (χ1n) is 4.20. The SMILES string of the molecule is [C]1=CSCN1CN1CCOCC1. The molecule has 0 N–H and O–H groups in total. The van der Waals surface area contributed by atoms with E-state index in [9.17, 15) is 0 Å². The van der Waals surface area contributed by atoms with Gasteiger partial charge < -0.3 is 9.64 Å². The number of nitrogens with zero attached hydrogens (tertiary/aromatic N) is 2. The summed E-state index contributed by atoms with van der Waals surface area (Å²) in [5.74, 6) is 1.05. The molecular formula is C8H13N2OS. The summed E-state index contributed by atoms with van der Waals surface area (Å²) < 4.78 is 5.27. The molecule has 0 unspecified atom stereocenters. The number of morpholine rings is 1. The summed E-state index contributed by atoms with van der Waals surface area (Å²) in [5.41, 5.74) is 0. The van der Waals surface area contributed by atoms with Crippen molar-refractivity contribution in [1.82, 2.24) is 9.80 Å². The Bertz CT molecular complexity index is 168. The summed E-state index contributed by atoms with van der Waals surface area (Å²) in [7, 11) is 0. The Morgan fingerprint density at radius 1 is 1.42 bits per heavy atom. The molecular weight excluding hydrogens is 172 g/mol. The van der Waals surface area contributed by atoms with Crippen molar-refractivity contribution in [2.24, 2.45) is 0 Å². The van der Waals surface area contributed by atoms with Gasteiger partial charge in [-0.1, -0.05) is 0 Å².